The summed E-state index contributed by atoms with van der Waals surface area (Å²) in [6, 6.07) is 13.0. The van der Waals surface area contributed by atoms with E-state index in [9.17, 15) is 0 Å². The van der Waals surface area contributed by atoms with Gasteiger partial charge in [-0.3, -0.25) is 4.90 Å². The number of aryl methyl sites for hydroxylation is 1. The predicted molar refractivity (Wildman–Crippen MR) is 300 cm³/mol. The molecule has 1 aliphatic heterocycles. The van der Waals surface area contributed by atoms with Crippen LogP contribution in [0.2, 0.25) is 0 Å². The zero-order chi connectivity index (χ0) is 50.8. The summed E-state index contributed by atoms with van der Waals surface area (Å²) >= 11 is 1.83. The van der Waals surface area contributed by atoms with Crippen LogP contribution in [-0.4, -0.2) is 23.5 Å². The Morgan fingerprint density at radius 1 is 0.492 bits per heavy atom. The normalized spacial score (nSPS) is 18.9. The Morgan fingerprint density at radius 3 is 1.21 bits per heavy atom. The lowest BCUT2D eigenvalue weighted by molar-refractivity contribution is 0.0916. The lowest BCUT2D eigenvalue weighted by Gasteiger charge is -2.40. The molecule has 1 unspecified atom stereocenters. The van der Waals surface area contributed by atoms with Crippen LogP contribution >= 0.6 is 11.3 Å². The van der Waals surface area contributed by atoms with Crippen LogP contribution in [0.15, 0.2) is 53.4 Å². The molecule has 1 aromatic heterocycles. The van der Waals surface area contributed by atoms with Crippen molar-refractivity contribution in [1.29, 1.82) is 0 Å². The summed E-state index contributed by atoms with van der Waals surface area (Å²) in [5.41, 5.74) is 6.39. The fourth-order valence-corrected chi connectivity index (χ4v) is 8.03. The van der Waals surface area contributed by atoms with Gasteiger partial charge in [-0.25, -0.2) is 0 Å². The van der Waals surface area contributed by atoms with E-state index in [1.165, 1.54) is 86.9 Å². The maximum absolute atomic E-state index is 2.59. The van der Waals surface area contributed by atoms with Crippen LogP contribution in [0.5, 0.6) is 0 Å². The summed E-state index contributed by atoms with van der Waals surface area (Å²) in [4.78, 5) is 4.05. The molecule has 1 aromatic carbocycles. The first-order chi connectivity index (χ1) is 29.1. The Bertz CT molecular complexity index is 1210. The molecule has 63 heavy (non-hydrogen) atoms. The Morgan fingerprint density at radius 2 is 0.921 bits per heavy atom. The van der Waals surface area contributed by atoms with Crippen molar-refractivity contribution in [2.45, 2.75) is 275 Å². The minimum atomic E-state index is 0.285. The number of likely N-dealkylation sites (tertiary alicyclic amines) is 1. The summed E-state index contributed by atoms with van der Waals surface area (Å²) in [6.07, 6.45) is 15.1. The van der Waals surface area contributed by atoms with Crippen LogP contribution in [0.25, 0.3) is 0 Å². The van der Waals surface area contributed by atoms with Crippen molar-refractivity contribution < 1.29 is 0 Å². The number of benzene rings is 1. The highest BCUT2D eigenvalue weighted by molar-refractivity contribution is 7.10. The van der Waals surface area contributed by atoms with Gasteiger partial charge >= 0.3 is 0 Å². The van der Waals surface area contributed by atoms with Gasteiger partial charge in [-0.1, -0.05) is 233 Å². The zero-order valence-corrected chi connectivity index (χ0v) is 49.9. The molecule has 3 aliphatic rings. The second-order valence-electron chi connectivity index (χ2n) is 22.4. The average Bonchev–Trinajstić information content (AvgIpc) is 3.79. The summed E-state index contributed by atoms with van der Waals surface area (Å²) < 4.78 is 0. The Kier molecular flexibility index (Phi) is 42.2. The second kappa shape index (κ2) is 37.7. The fraction of sp³-hybridized carbons (Fsp3) is 0.803. The molecule has 1 atom stereocenters. The van der Waals surface area contributed by atoms with Crippen LogP contribution in [0.4, 0.5) is 0 Å². The Balaban J connectivity index is -0.000000212. The topological polar surface area (TPSA) is 3.24 Å². The highest BCUT2D eigenvalue weighted by atomic mass is 32.1. The van der Waals surface area contributed by atoms with E-state index in [1.807, 2.05) is 80.6 Å². The van der Waals surface area contributed by atoms with Crippen molar-refractivity contribution in [3.8, 4) is 0 Å². The van der Waals surface area contributed by atoms with E-state index in [0.717, 1.165) is 23.7 Å². The highest BCUT2D eigenvalue weighted by Gasteiger charge is 2.28. The molecule has 0 amide bonds. The number of rotatable bonds is 0. The van der Waals surface area contributed by atoms with Gasteiger partial charge in [0.05, 0.1) is 0 Å². The summed E-state index contributed by atoms with van der Waals surface area (Å²) in [7, 11) is 0. The smallest absolute Gasteiger partial charge is 0.0125 e. The second-order valence-corrected chi connectivity index (χ2v) is 23.3. The van der Waals surface area contributed by atoms with E-state index in [2.05, 4.69) is 184 Å². The molecular weight excluding hydrogens is 779 g/mol. The molecule has 376 valence electrons. The molecule has 2 fully saturated rings. The summed E-state index contributed by atoms with van der Waals surface area (Å²) in [5.74, 6) is 3.85. The van der Waals surface area contributed by atoms with Gasteiger partial charge in [-0.05, 0) is 148 Å². The molecule has 0 spiro atoms. The maximum Gasteiger partial charge on any atom is 0.0125 e. The van der Waals surface area contributed by atoms with Crippen molar-refractivity contribution in [1.82, 2.24) is 4.90 Å². The van der Waals surface area contributed by atoms with Crippen molar-refractivity contribution >= 4 is 11.3 Å². The first-order valence-corrected chi connectivity index (χ1v) is 27.5. The van der Waals surface area contributed by atoms with Gasteiger partial charge in [0.1, 0.15) is 0 Å². The molecular formula is C61H121NS. The van der Waals surface area contributed by atoms with Gasteiger partial charge < -0.3 is 0 Å². The number of piperidine rings is 1. The molecule has 2 aliphatic carbocycles. The van der Waals surface area contributed by atoms with Crippen LogP contribution < -0.4 is 0 Å². The number of hydrogen-bond acceptors (Lipinski definition) is 2. The maximum atomic E-state index is 2.59. The molecule has 1 nitrogen and oxygen atoms in total. The van der Waals surface area contributed by atoms with E-state index < -0.39 is 0 Å². The van der Waals surface area contributed by atoms with Crippen LogP contribution in [0.1, 0.15) is 268 Å². The molecule has 1 saturated heterocycles. The first kappa shape index (κ1) is 70.6. The van der Waals surface area contributed by atoms with E-state index in [1.54, 1.807) is 5.57 Å². The molecule has 2 aromatic rings. The molecule has 0 bridgehead atoms. The minimum Gasteiger partial charge on any atom is -0.298 e. The average molecular weight is 901 g/mol. The van der Waals surface area contributed by atoms with Gasteiger partial charge in [0.25, 0.3) is 0 Å². The van der Waals surface area contributed by atoms with E-state index in [-0.39, 0.29) is 5.41 Å². The lowest BCUT2D eigenvalue weighted by Crippen LogP contribution is -2.45. The monoisotopic (exact) mass is 900 g/mol. The highest BCUT2D eigenvalue weighted by Crippen LogP contribution is 2.39. The molecule has 0 radical (unpaired) electrons. The third-order valence-corrected chi connectivity index (χ3v) is 13.1. The Hall–Kier alpha value is -1.38. The van der Waals surface area contributed by atoms with Gasteiger partial charge in [0, 0.05) is 10.4 Å². The van der Waals surface area contributed by atoms with Crippen LogP contribution in [0.3, 0.4) is 0 Å². The quantitative estimate of drug-likeness (QED) is 0.238. The molecule has 1 saturated carbocycles. The predicted octanol–water partition coefficient (Wildman–Crippen LogP) is 21.6. The zero-order valence-electron chi connectivity index (χ0n) is 49.1. The van der Waals surface area contributed by atoms with Gasteiger partial charge in [0.15, 0.2) is 0 Å². The molecule has 2 heteroatoms. The van der Waals surface area contributed by atoms with Gasteiger partial charge in [-0.15, -0.1) is 11.3 Å². The third-order valence-electron chi connectivity index (χ3n) is 11.8. The minimum absolute atomic E-state index is 0.285. The number of allylic oxidation sites excluding steroid dienone is 2. The van der Waals surface area contributed by atoms with Crippen molar-refractivity contribution in [3.05, 3.63) is 69.4 Å². The van der Waals surface area contributed by atoms with E-state index in [4.69, 9.17) is 0 Å². The largest absolute Gasteiger partial charge is 0.298 e. The van der Waals surface area contributed by atoms with Crippen LogP contribution in [-0.2, 0) is 10.8 Å². The lowest BCUT2D eigenvalue weighted by atomic mass is 9.70. The standard InChI is InChI=1S/C11H22.C11H20.C11H16.C10H21N.C8H12S.5C2H6/c3*1-9-5-7-10(8-6-9)11(2,3)4;1-9-5-7-11(8-6-9)10(2,3)4;1-8(2,3)7-5-4-6-9-7;5*1-2/h9-10H,5-8H2,1-4H3;7,9H,5-6,8H2,1-4H3;5-8H,1-4H3;9H,5-8H2,1-4H3;4-6H,1-3H3;5*1-2H3. The summed E-state index contributed by atoms with van der Waals surface area (Å²) in [5, 5.41) is 2.13. The van der Waals surface area contributed by atoms with Crippen molar-refractivity contribution in [3.63, 3.8) is 0 Å². The van der Waals surface area contributed by atoms with Crippen molar-refractivity contribution in [2.75, 3.05) is 13.1 Å². The third kappa shape index (κ3) is 36.4. The molecule has 0 N–H and O–H groups in total. The Labute approximate surface area is 406 Å². The fourth-order valence-electron chi connectivity index (χ4n) is 7.21. The summed E-state index contributed by atoms with van der Waals surface area (Å²) in [6.45, 7) is 66.2. The number of nitrogens with zero attached hydrogens (tertiary/aromatic N) is 1. The van der Waals surface area contributed by atoms with Crippen LogP contribution in [0, 0.1) is 41.4 Å². The number of hydrogen-bond donors (Lipinski definition) is 0. The van der Waals surface area contributed by atoms with Crippen molar-refractivity contribution in [2.24, 2.45) is 34.5 Å². The van der Waals surface area contributed by atoms with E-state index >= 15 is 0 Å². The first-order valence-electron chi connectivity index (χ1n) is 26.7. The SMILES string of the molecule is CC.CC.CC.CC.CC.CC(C)(C)c1cccs1.CC1CC=C(C(C)(C)C)CC1.CC1CCC(C(C)(C)C)CC1.CC1CCN(C(C)(C)C)CC1.Cc1ccc(C(C)(C)C)cc1. The van der Waals surface area contributed by atoms with E-state index in [0.29, 0.717) is 21.8 Å². The molecule has 5 rings (SSSR count). The molecule has 2 heterocycles. The van der Waals surface area contributed by atoms with Gasteiger partial charge in [0.2, 0.25) is 0 Å². The number of thiophene rings is 1. The van der Waals surface area contributed by atoms with Gasteiger partial charge in [-0.2, -0.15) is 0 Å².